The number of aryl methyl sites for hydroxylation is 1. The fraction of sp³-hybridized carbons (Fsp3) is 0.250. The first-order valence-electron chi connectivity index (χ1n) is 10.4. The molecule has 1 saturated carbocycles. The van der Waals surface area contributed by atoms with Gasteiger partial charge in [0.05, 0.1) is 22.7 Å². The Bertz CT molecular complexity index is 1260. The number of amides is 1. The van der Waals surface area contributed by atoms with Gasteiger partial charge in [0, 0.05) is 22.3 Å². The molecule has 0 aliphatic heterocycles. The number of hydrogen-bond acceptors (Lipinski definition) is 4. The molecule has 1 unspecified atom stereocenters. The number of nitrogens with zero attached hydrogens (tertiary/aromatic N) is 4. The summed E-state index contributed by atoms with van der Waals surface area (Å²) < 4.78 is 2.75. The summed E-state index contributed by atoms with van der Waals surface area (Å²) in [6, 6.07) is 15.5. The van der Waals surface area contributed by atoms with Gasteiger partial charge in [0.2, 0.25) is 0 Å². The topological polar surface area (TPSA) is 72.7 Å². The number of fused-ring (bicyclic) bond motifs is 1. The lowest BCUT2D eigenvalue weighted by Gasteiger charge is -2.16. The van der Waals surface area contributed by atoms with Gasteiger partial charge in [-0.3, -0.25) is 4.79 Å². The SMILES string of the molecule is Cc1nn(-c2ccccn2)c2nc(C3CC3)cc(C(=O)NC(C)c3ccc(Br)cc3)c12. The van der Waals surface area contributed by atoms with Crippen LogP contribution in [0.25, 0.3) is 16.9 Å². The van der Waals surface area contributed by atoms with E-state index >= 15 is 0 Å². The number of aromatic nitrogens is 4. The highest BCUT2D eigenvalue weighted by atomic mass is 79.9. The van der Waals surface area contributed by atoms with Crippen LogP contribution in [0, 0.1) is 6.92 Å². The zero-order valence-corrected chi connectivity index (χ0v) is 18.9. The van der Waals surface area contributed by atoms with Gasteiger partial charge in [-0.25, -0.2) is 9.97 Å². The van der Waals surface area contributed by atoms with Gasteiger partial charge in [-0.2, -0.15) is 9.78 Å². The Kier molecular flexibility index (Phi) is 5.06. The number of halogens is 1. The van der Waals surface area contributed by atoms with Crippen molar-refractivity contribution in [2.75, 3.05) is 0 Å². The Morgan fingerprint density at radius 3 is 2.65 bits per heavy atom. The van der Waals surface area contributed by atoms with Crippen molar-refractivity contribution in [1.82, 2.24) is 25.1 Å². The molecular formula is C24H22BrN5O. The first kappa shape index (κ1) is 19.9. The van der Waals surface area contributed by atoms with E-state index in [2.05, 4.69) is 31.3 Å². The average molecular weight is 476 g/mol. The summed E-state index contributed by atoms with van der Waals surface area (Å²) in [7, 11) is 0. The summed E-state index contributed by atoms with van der Waals surface area (Å²) in [5.74, 6) is 0.983. The minimum Gasteiger partial charge on any atom is -0.345 e. The van der Waals surface area contributed by atoms with E-state index in [1.165, 1.54) is 0 Å². The van der Waals surface area contributed by atoms with E-state index in [1.54, 1.807) is 10.9 Å². The molecule has 0 bridgehead atoms. The molecule has 1 aliphatic carbocycles. The van der Waals surface area contributed by atoms with E-state index in [0.717, 1.165) is 39.7 Å². The van der Waals surface area contributed by atoms with Crippen molar-refractivity contribution in [3.63, 3.8) is 0 Å². The van der Waals surface area contributed by atoms with Crippen LogP contribution < -0.4 is 5.32 Å². The van der Waals surface area contributed by atoms with Crippen LogP contribution in [0.15, 0.2) is 59.2 Å². The van der Waals surface area contributed by atoms with Crippen molar-refractivity contribution < 1.29 is 4.79 Å². The van der Waals surface area contributed by atoms with Gasteiger partial charge in [0.15, 0.2) is 11.5 Å². The van der Waals surface area contributed by atoms with Crippen molar-refractivity contribution in [2.45, 2.75) is 38.6 Å². The Labute approximate surface area is 188 Å². The number of pyridine rings is 2. The first-order chi connectivity index (χ1) is 15.0. The molecule has 1 aliphatic rings. The number of carbonyl (C=O) groups excluding carboxylic acids is 1. The smallest absolute Gasteiger partial charge is 0.252 e. The van der Waals surface area contributed by atoms with Crippen molar-refractivity contribution in [3.8, 4) is 5.82 Å². The minimum absolute atomic E-state index is 0.117. The van der Waals surface area contributed by atoms with Crippen molar-refractivity contribution in [2.24, 2.45) is 0 Å². The monoisotopic (exact) mass is 475 g/mol. The average Bonchev–Trinajstić information content (AvgIpc) is 3.58. The summed E-state index contributed by atoms with van der Waals surface area (Å²) in [6.45, 7) is 3.90. The Balaban J connectivity index is 1.58. The van der Waals surface area contributed by atoms with Gasteiger partial charge < -0.3 is 5.32 Å². The predicted molar refractivity (Wildman–Crippen MR) is 123 cm³/mol. The standard InChI is InChI=1S/C24H22BrN5O/c1-14(16-8-10-18(25)11-9-16)27-24(31)19-13-20(17-6-7-17)28-23-22(19)15(2)29-30(23)21-5-3-4-12-26-21/h3-5,8-14,17H,6-7H2,1-2H3,(H,27,31). The van der Waals surface area contributed by atoms with Gasteiger partial charge in [-0.15, -0.1) is 0 Å². The summed E-state index contributed by atoms with van der Waals surface area (Å²) in [5, 5.41) is 8.60. The molecule has 3 heterocycles. The molecule has 1 fully saturated rings. The van der Waals surface area contributed by atoms with Crippen LogP contribution in [0.1, 0.15) is 59.0 Å². The lowest BCUT2D eigenvalue weighted by molar-refractivity contribution is 0.0941. The minimum atomic E-state index is -0.126. The van der Waals surface area contributed by atoms with Gasteiger partial charge in [-0.1, -0.05) is 34.1 Å². The van der Waals surface area contributed by atoms with E-state index in [9.17, 15) is 4.79 Å². The zero-order chi connectivity index (χ0) is 21.5. The highest BCUT2D eigenvalue weighted by Crippen LogP contribution is 2.40. The summed E-state index contributed by atoms with van der Waals surface area (Å²) >= 11 is 3.46. The molecule has 156 valence electrons. The molecule has 1 N–H and O–H groups in total. The molecule has 6 nitrogen and oxygen atoms in total. The highest BCUT2D eigenvalue weighted by Gasteiger charge is 2.29. The summed E-state index contributed by atoms with van der Waals surface area (Å²) in [4.78, 5) is 22.7. The van der Waals surface area contributed by atoms with E-state index in [0.29, 0.717) is 22.9 Å². The van der Waals surface area contributed by atoms with Crippen molar-refractivity contribution in [1.29, 1.82) is 0 Å². The fourth-order valence-corrected chi connectivity index (χ4v) is 4.09. The summed E-state index contributed by atoms with van der Waals surface area (Å²) in [6.07, 6.45) is 3.94. The molecule has 1 amide bonds. The van der Waals surface area contributed by atoms with E-state index < -0.39 is 0 Å². The van der Waals surface area contributed by atoms with Crippen LogP contribution in [0.2, 0.25) is 0 Å². The molecule has 7 heteroatoms. The van der Waals surface area contributed by atoms with Crippen molar-refractivity contribution >= 4 is 32.9 Å². The number of nitrogens with one attached hydrogen (secondary N) is 1. The third kappa shape index (κ3) is 3.85. The molecule has 1 atom stereocenters. The second-order valence-electron chi connectivity index (χ2n) is 8.00. The molecule has 0 saturated heterocycles. The third-order valence-electron chi connectivity index (χ3n) is 5.66. The van der Waals surface area contributed by atoms with Gasteiger partial charge in [-0.05, 0) is 62.6 Å². The third-order valence-corrected chi connectivity index (χ3v) is 6.19. The van der Waals surface area contributed by atoms with Crippen LogP contribution >= 0.6 is 15.9 Å². The lowest BCUT2D eigenvalue weighted by atomic mass is 10.0. The number of rotatable bonds is 5. The maximum atomic E-state index is 13.4. The van der Waals surface area contributed by atoms with E-state index in [1.807, 2.05) is 62.4 Å². The first-order valence-corrected chi connectivity index (χ1v) is 11.2. The number of hydrogen-bond donors (Lipinski definition) is 1. The van der Waals surface area contributed by atoms with Gasteiger partial charge >= 0.3 is 0 Å². The van der Waals surface area contributed by atoms with Crippen LogP contribution in [-0.4, -0.2) is 25.7 Å². The predicted octanol–water partition coefficient (Wildman–Crippen LogP) is 5.25. The molecule has 1 aromatic carbocycles. The number of carbonyl (C=O) groups is 1. The normalized spacial score (nSPS) is 14.5. The highest BCUT2D eigenvalue weighted by molar-refractivity contribution is 9.10. The quantitative estimate of drug-likeness (QED) is 0.427. The molecular weight excluding hydrogens is 454 g/mol. The van der Waals surface area contributed by atoms with Gasteiger partial charge in [0.1, 0.15) is 0 Å². The molecule has 4 aromatic rings. The molecule has 3 aromatic heterocycles. The van der Waals surface area contributed by atoms with Crippen LogP contribution in [0.5, 0.6) is 0 Å². The van der Waals surface area contributed by atoms with E-state index in [-0.39, 0.29) is 11.9 Å². The lowest BCUT2D eigenvalue weighted by Crippen LogP contribution is -2.27. The van der Waals surface area contributed by atoms with E-state index in [4.69, 9.17) is 4.98 Å². The molecule has 31 heavy (non-hydrogen) atoms. The fourth-order valence-electron chi connectivity index (χ4n) is 3.82. The Hall–Kier alpha value is -3.06. The molecule has 0 radical (unpaired) electrons. The zero-order valence-electron chi connectivity index (χ0n) is 17.3. The maximum absolute atomic E-state index is 13.4. The van der Waals surface area contributed by atoms with Crippen LogP contribution in [-0.2, 0) is 0 Å². The largest absolute Gasteiger partial charge is 0.345 e. The number of benzene rings is 1. The Morgan fingerprint density at radius 2 is 1.97 bits per heavy atom. The molecule has 0 spiro atoms. The maximum Gasteiger partial charge on any atom is 0.252 e. The molecule has 5 rings (SSSR count). The van der Waals surface area contributed by atoms with Crippen molar-refractivity contribution in [3.05, 3.63) is 81.7 Å². The second kappa shape index (κ2) is 7.89. The Morgan fingerprint density at radius 1 is 1.19 bits per heavy atom. The summed E-state index contributed by atoms with van der Waals surface area (Å²) in [5.41, 5.74) is 4.06. The van der Waals surface area contributed by atoms with Crippen LogP contribution in [0.4, 0.5) is 0 Å². The van der Waals surface area contributed by atoms with Gasteiger partial charge in [0.25, 0.3) is 5.91 Å². The van der Waals surface area contributed by atoms with Crippen LogP contribution in [0.3, 0.4) is 0 Å². The second-order valence-corrected chi connectivity index (χ2v) is 8.92.